The van der Waals surface area contributed by atoms with Gasteiger partial charge in [0, 0.05) is 12.2 Å². The Kier molecular flexibility index (Phi) is 2.91. The lowest BCUT2D eigenvalue weighted by molar-refractivity contribution is 0.0690. The third kappa shape index (κ3) is 2.29. The minimum Gasteiger partial charge on any atom is -0.477 e. The summed E-state index contributed by atoms with van der Waals surface area (Å²) in [7, 11) is 0. The summed E-state index contributed by atoms with van der Waals surface area (Å²) in [6.07, 6.45) is 1.04. The molecule has 0 fully saturated rings. The second-order valence-corrected chi connectivity index (χ2v) is 4.62. The molecule has 0 atom stereocenters. The van der Waals surface area contributed by atoms with Gasteiger partial charge in [0.15, 0.2) is 0 Å². The Labute approximate surface area is 111 Å². The molecule has 0 spiro atoms. The summed E-state index contributed by atoms with van der Waals surface area (Å²) in [6.45, 7) is 1.61. The number of anilines is 1. The minimum atomic E-state index is -0.983. The molecule has 1 aliphatic heterocycles. The molecule has 2 aromatic rings. The zero-order valence-electron chi connectivity index (χ0n) is 10.4. The van der Waals surface area contributed by atoms with Crippen molar-refractivity contribution in [3.63, 3.8) is 0 Å². The summed E-state index contributed by atoms with van der Waals surface area (Å²) in [6, 6.07) is 13.4. The van der Waals surface area contributed by atoms with Gasteiger partial charge in [-0.2, -0.15) is 0 Å². The van der Waals surface area contributed by atoms with Crippen LogP contribution in [0, 0.1) is 0 Å². The Bertz CT molecular complexity index is 625. The molecule has 0 radical (unpaired) electrons. The summed E-state index contributed by atoms with van der Waals surface area (Å²) in [5, 5.41) is 8.95. The second-order valence-electron chi connectivity index (χ2n) is 4.62. The second kappa shape index (κ2) is 4.72. The van der Waals surface area contributed by atoms with Gasteiger partial charge in [-0.1, -0.05) is 24.3 Å². The van der Waals surface area contributed by atoms with Crippen molar-refractivity contribution < 1.29 is 9.90 Å². The Balaban J connectivity index is 1.83. The van der Waals surface area contributed by atoms with Crippen molar-refractivity contribution in [3.8, 4) is 0 Å². The van der Waals surface area contributed by atoms with Crippen LogP contribution in [0.1, 0.15) is 21.7 Å². The first-order chi connectivity index (χ1) is 9.24. The van der Waals surface area contributed by atoms with Gasteiger partial charge in [-0.3, -0.25) is 0 Å². The van der Waals surface area contributed by atoms with Crippen molar-refractivity contribution in [3.05, 3.63) is 59.4 Å². The number of para-hydroxylation sites is 1. The number of nitrogens with zero attached hydrogens (tertiary/aromatic N) is 2. The Morgan fingerprint density at radius 1 is 1.21 bits per heavy atom. The molecule has 0 bridgehead atoms. The van der Waals surface area contributed by atoms with Crippen LogP contribution in [0.5, 0.6) is 0 Å². The number of hydrogen-bond donors (Lipinski definition) is 1. The quantitative estimate of drug-likeness (QED) is 0.913. The van der Waals surface area contributed by atoms with Crippen LogP contribution in [0.25, 0.3) is 0 Å². The van der Waals surface area contributed by atoms with E-state index >= 15 is 0 Å². The summed E-state index contributed by atoms with van der Waals surface area (Å²) >= 11 is 0. The van der Waals surface area contributed by atoms with Gasteiger partial charge in [-0.05, 0) is 30.2 Å². The monoisotopic (exact) mass is 254 g/mol. The number of carbonyl (C=O) groups is 1. The number of fused-ring (bicyclic) bond motifs is 1. The molecule has 96 valence electrons. The van der Waals surface area contributed by atoms with Crippen LogP contribution in [0.15, 0.2) is 42.5 Å². The normalized spacial score (nSPS) is 13.4. The van der Waals surface area contributed by atoms with Gasteiger partial charge in [0.05, 0.1) is 12.2 Å². The molecule has 0 saturated heterocycles. The molecule has 1 aromatic carbocycles. The average Bonchev–Trinajstić information content (AvgIpc) is 2.83. The number of hydrogen-bond acceptors (Lipinski definition) is 3. The molecule has 1 aliphatic rings. The Morgan fingerprint density at radius 2 is 2.05 bits per heavy atom. The van der Waals surface area contributed by atoms with Crippen molar-refractivity contribution >= 4 is 11.7 Å². The smallest absolute Gasteiger partial charge is 0.354 e. The van der Waals surface area contributed by atoms with Crippen molar-refractivity contribution in [1.29, 1.82) is 0 Å². The highest BCUT2D eigenvalue weighted by Crippen LogP contribution is 2.28. The number of aromatic carboxylic acids is 1. The van der Waals surface area contributed by atoms with Crippen LogP contribution in [0.4, 0.5) is 5.69 Å². The fraction of sp³-hybridized carbons (Fsp3) is 0.200. The maximum Gasteiger partial charge on any atom is 0.354 e. The maximum absolute atomic E-state index is 10.9. The van der Waals surface area contributed by atoms with E-state index in [1.54, 1.807) is 6.07 Å². The molecule has 4 heteroatoms. The third-order valence-electron chi connectivity index (χ3n) is 3.36. The van der Waals surface area contributed by atoms with Gasteiger partial charge in [-0.15, -0.1) is 0 Å². The van der Waals surface area contributed by atoms with Crippen LogP contribution in [-0.2, 0) is 13.0 Å². The highest BCUT2D eigenvalue weighted by atomic mass is 16.4. The third-order valence-corrected chi connectivity index (χ3v) is 3.36. The molecule has 19 heavy (non-hydrogen) atoms. The zero-order valence-corrected chi connectivity index (χ0v) is 10.4. The van der Waals surface area contributed by atoms with Crippen molar-refractivity contribution in [1.82, 2.24) is 4.98 Å². The molecule has 0 saturated carbocycles. The van der Waals surface area contributed by atoms with E-state index < -0.39 is 5.97 Å². The van der Waals surface area contributed by atoms with Gasteiger partial charge in [0.2, 0.25) is 0 Å². The van der Waals surface area contributed by atoms with E-state index in [9.17, 15) is 4.79 Å². The number of carboxylic acids is 1. The molecule has 0 amide bonds. The van der Waals surface area contributed by atoms with Crippen LogP contribution in [-0.4, -0.2) is 22.6 Å². The predicted molar refractivity (Wildman–Crippen MR) is 72.4 cm³/mol. The van der Waals surface area contributed by atoms with E-state index in [0.717, 1.165) is 18.7 Å². The Morgan fingerprint density at radius 3 is 2.89 bits per heavy atom. The molecule has 0 aliphatic carbocycles. The summed E-state index contributed by atoms with van der Waals surface area (Å²) < 4.78 is 0. The molecule has 1 N–H and O–H groups in total. The molecule has 4 nitrogen and oxygen atoms in total. The molecular formula is C15H14N2O2. The van der Waals surface area contributed by atoms with E-state index in [-0.39, 0.29) is 5.69 Å². The first kappa shape index (κ1) is 11.7. The van der Waals surface area contributed by atoms with E-state index in [2.05, 4.69) is 22.0 Å². The fourth-order valence-electron chi connectivity index (χ4n) is 2.45. The molecule has 3 rings (SSSR count). The molecule has 1 aromatic heterocycles. The first-order valence-electron chi connectivity index (χ1n) is 6.26. The SMILES string of the molecule is O=C(O)c1cccc(CN2CCc3ccccc32)n1. The summed E-state index contributed by atoms with van der Waals surface area (Å²) in [4.78, 5) is 17.3. The molecule has 2 heterocycles. The van der Waals surface area contributed by atoms with Crippen LogP contribution in [0.2, 0.25) is 0 Å². The first-order valence-corrected chi connectivity index (χ1v) is 6.26. The average molecular weight is 254 g/mol. The maximum atomic E-state index is 10.9. The largest absolute Gasteiger partial charge is 0.477 e. The lowest BCUT2D eigenvalue weighted by Crippen LogP contribution is -2.20. The zero-order chi connectivity index (χ0) is 13.2. The molecular weight excluding hydrogens is 240 g/mol. The summed E-state index contributed by atoms with van der Waals surface area (Å²) in [5.41, 5.74) is 3.46. The van der Waals surface area contributed by atoms with Crippen molar-refractivity contribution in [2.75, 3.05) is 11.4 Å². The van der Waals surface area contributed by atoms with E-state index in [4.69, 9.17) is 5.11 Å². The molecule has 0 unspecified atom stereocenters. The van der Waals surface area contributed by atoms with Gasteiger partial charge in [-0.25, -0.2) is 9.78 Å². The van der Waals surface area contributed by atoms with E-state index in [1.165, 1.54) is 17.3 Å². The minimum absolute atomic E-state index is 0.102. The van der Waals surface area contributed by atoms with Gasteiger partial charge < -0.3 is 10.0 Å². The van der Waals surface area contributed by atoms with Crippen molar-refractivity contribution in [2.24, 2.45) is 0 Å². The predicted octanol–water partition coefficient (Wildman–Crippen LogP) is 2.34. The van der Waals surface area contributed by atoms with Gasteiger partial charge in [0.1, 0.15) is 5.69 Å². The lowest BCUT2D eigenvalue weighted by atomic mass is 10.2. The Hall–Kier alpha value is -2.36. The van der Waals surface area contributed by atoms with Gasteiger partial charge >= 0.3 is 5.97 Å². The van der Waals surface area contributed by atoms with Crippen LogP contribution in [0.3, 0.4) is 0 Å². The topological polar surface area (TPSA) is 53.4 Å². The fourth-order valence-corrected chi connectivity index (χ4v) is 2.45. The highest BCUT2D eigenvalue weighted by molar-refractivity contribution is 5.85. The van der Waals surface area contributed by atoms with Crippen molar-refractivity contribution in [2.45, 2.75) is 13.0 Å². The highest BCUT2D eigenvalue weighted by Gasteiger charge is 2.18. The summed E-state index contributed by atoms with van der Waals surface area (Å²) in [5.74, 6) is -0.983. The number of benzene rings is 1. The number of rotatable bonds is 3. The lowest BCUT2D eigenvalue weighted by Gasteiger charge is -2.18. The number of pyridine rings is 1. The van der Waals surface area contributed by atoms with Crippen LogP contribution < -0.4 is 4.90 Å². The number of aromatic nitrogens is 1. The van der Waals surface area contributed by atoms with Crippen LogP contribution >= 0.6 is 0 Å². The standard InChI is InChI=1S/C15H14N2O2/c18-15(19)13-6-3-5-12(16-13)10-17-9-8-11-4-1-2-7-14(11)17/h1-7H,8-10H2,(H,18,19). The number of carboxylic acid groups (broad SMARTS) is 1. The van der Waals surface area contributed by atoms with Gasteiger partial charge in [0.25, 0.3) is 0 Å². The van der Waals surface area contributed by atoms with E-state index in [1.807, 2.05) is 18.2 Å². The van der Waals surface area contributed by atoms with E-state index in [0.29, 0.717) is 6.54 Å².